The summed E-state index contributed by atoms with van der Waals surface area (Å²) in [4.78, 5) is 13.3. The predicted molar refractivity (Wildman–Crippen MR) is 78.7 cm³/mol. The molecular weight excluding hydrogens is 298 g/mol. The molecule has 0 atom stereocenters. The number of hydrogen-bond acceptors (Lipinski definition) is 5. The van der Waals surface area contributed by atoms with Crippen molar-refractivity contribution in [2.45, 2.75) is 37.9 Å². The number of carbonyl (C=O) groups excluding carboxylic acids is 1. The average molecular weight is 317 g/mol. The Labute approximate surface area is 123 Å². The van der Waals surface area contributed by atoms with E-state index in [9.17, 15) is 13.2 Å². The third-order valence-electron chi connectivity index (χ3n) is 2.90. The van der Waals surface area contributed by atoms with Crippen molar-refractivity contribution in [1.82, 2.24) is 5.32 Å². The third-order valence-corrected chi connectivity index (χ3v) is 5.74. The lowest BCUT2D eigenvalue weighted by atomic mass is 10.3. The molecule has 0 unspecified atom stereocenters. The van der Waals surface area contributed by atoms with Crippen LogP contribution < -0.4 is 5.32 Å². The fourth-order valence-corrected chi connectivity index (χ4v) is 5.17. The zero-order chi connectivity index (χ0) is 14.8. The van der Waals surface area contributed by atoms with Crippen LogP contribution in [0, 0.1) is 0 Å². The van der Waals surface area contributed by atoms with Gasteiger partial charge in [0.05, 0.1) is 22.5 Å². The van der Waals surface area contributed by atoms with E-state index in [4.69, 9.17) is 4.74 Å². The lowest BCUT2D eigenvalue weighted by Gasteiger charge is -2.07. The molecule has 2 rings (SSSR count). The molecular formula is C13H19NO4S2. The summed E-state index contributed by atoms with van der Waals surface area (Å²) in [6, 6.07) is 1.70. The zero-order valence-corrected chi connectivity index (χ0v) is 13.3. The minimum atomic E-state index is -2.97. The van der Waals surface area contributed by atoms with Crippen LogP contribution in [-0.2, 0) is 26.1 Å². The molecule has 1 amide bonds. The van der Waals surface area contributed by atoms with Gasteiger partial charge in [0.15, 0.2) is 9.84 Å². The molecule has 112 valence electrons. The minimum absolute atomic E-state index is 0.0638. The highest BCUT2D eigenvalue weighted by molar-refractivity contribution is 7.90. The number of ether oxygens (including phenoxy) is 1. The number of nitrogens with one attached hydrogen (secondary N) is 1. The van der Waals surface area contributed by atoms with Gasteiger partial charge in [-0.25, -0.2) is 8.42 Å². The normalized spacial score (nSPS) is 16.4. The molecule has 2 heterocycles. The second-order valence-electron chi connectivity index (χ2n) is 5.12. The van der Waals surface area contributed by atoms with Gasteiger partial charge in [0.1, 0.15) is 0 Å². The van der Waals surface area contributed by atoms with Gasteiger partial charge in [-0.1, -0.05) is 0 Å². The molecule has 5 nitrogen and oxygen atoms in total. The highest BCUT2D eigenvalue weighted by Crippen LogP contribution is 2.32. The molecule has 0 aromatic carbocycles. The smallest absolute Gasteiger partial charge is 0.261 e. The van der Waals surface area contributed by atoms with Gasteiger partial charge in [0.25, 0.3) is 5.91 Å². The standard InChI is InChI=1S/C13H19NO4S2/c1-9(2)18-5-3-4-14-13(15)11-6-10-7-20(16,17)8-12(10)19-11/h6,9H,3-5,7-8H2,1-2H3,(H,14,15). The number of rotatable bonds is 6. The Morgan fingerprint density at radius 1 is 1.45 bits per heavy atom. The Balaban J connectivity index is 1.80. The van der Waals surface area contributed by atoms with Gasteiger partial charge < -0.3 is 10.1 Å². The van der Waals surface area contributed by atoms with Crippen LogP contribution in [0.15, 0.2) is 6.07 Å². The fourth-order valence-electron chi connectivity index (χ4n) is 1.99. The summed E-state index contributed by atoms with van der Waals surface area (Å²) in [7, 11) is -2.97. The number of carbonyl (C=O) groups is 1. The SMILES string of the molecule is CC(C)OCCCNC(=O)c1cc2c(s1)CS(=O)(=O)C2. The molecule has 0 fully saturated rings. The van der Waals surface area contributed by atoms with Crippen LogP contribution >= 0.6 is 11.3 Å². The van der Waals surface area contributed by atoms with E-state index in [1.54, 1.807) is 6.07 Å². The first kappa shape index (κ1) is 15.5. The Morgan fingerprint density at radius 3 is 2.85 bits per heavy atom. The second kappa shape index (κ2) is 6.24. The molecule has 0 saturated carbocycles. The summed E-state index contributed by atoms with van der Waals surface area (Å²) >= 11 is 1.28. The van der Waals surface area contributed by atoms with E-state index >= 15 is 0 Å². The molecule has 0 spiro atoms. The van der Waals surface area contributed by atoms with Crippen molar-refractivity contribution >= 4 is 27.1 Å². The summed E-state index contributed by atoms with van der Waals surface area (Å²) < 4.78 is 28.2. The lowest BCUT2D eigenvalue weighted by molar-refractivity contribution is 0.0757. The first-order valence-electron chi connectivity index (χ1n) is 6.59. The Kier molecular flexibility index (Phi) is 4.82. The zero-order valence-electron chi connectivity index (χ0n) is 11.6. The van der Waals surface area contributed by atoms with E-state index in [0.717, 1.165) is 16.9 Å². The first-order valence-corrected chi connectivity index (χ1v) is 9.23. The van der Waals surface area contributed by atoms with Gasteiger partial charge in [0.2, 0.25) is 0 Å². The van der Waals surface area contributed by atoms with E-state index in [-0.39, 0.29) is 23.5 Å². The molecule has 1 aromatic rings. The summed E-state index contributed by atoms with van der Waals surface area (Å²) in [5.41, 5.74) is 0.781. The van der Waals surface area contributed by atoms with Crippen molar-refractivity contribution < 1.29 is 17.9 Å². The maximum Gasteiger partial charge on any atom is 0.261 e. The summed E-state index contributed by atoms with van der Waals surface area (Å²) in [6.45, 7) is 5.13. The van der Waals surface area contributed by atoms with Crippen LogP contribution in [-0.4, -0.2) is 33.6 Å². The van der Waals surface area contributed by atoms with Crippen LogP contribution in [0.5, 0.6) is 0 Å². The van der Waals surface area contributed by atoms with E-state index < -0.39 is 9.84 Å². The topological polar surface area (TPSA) is 72.5 Å². The Hall–Kier alpha value is -0.920. The molecule has 1 aliphatic heterocycles. The summed E-state index contributed by atoms with van der Waals surface area (Å²) in [5.74, 6) is 0.00275. The van der Waals surface area contributed by atoms with Gasteiger partial charge in [-0.05, 0) is 31.9 Å². The van der Waals surface area contributed by atoms with Crippen LogP contribution in [0.2, 0.25) is 0 Å². The van der Waals surface area contributed by atoms with Crippen LogP contribution in [0.3, 0.4) is 0 Å². The molecule has 7 heteroatoms. The van der Waals surface area contributed by atoms with E-state index in [2.05, 4.69) is 5.32 Å². The van der Waals surface area contributed by atoms with Crippen LogP contribution in [0.25, 0.3) is 0 Å². The van der Waals surface area contributed by atoms with Crippen molar-refractivity contribution in [3.05, 3.63) is 21.4 Å². The number of hydrogen-bond donors (Lipinski definition) is 1. The Bertz CT molecular complexity index is 560. The van der Waals surface area contributed by atoms with E-state index in [1.807, 2.05) is 13.8 Å². The predicted octanol–water partition coefficient (Wildman–Crippen LogP) is 1.72. The molecule has 20 heavy (non-hydrogen) atoms. The van der Waals surface area contributed by atoms with Crippen molar-refractivity contribution in [1.29, 1.82) is 0 Å². The molecule has 1 aliphatic rings. The van der Waals surface area contributed by atoms with Gasteiger partial charge in [-0.15, -0.1) is 11.3 Å². The quantitative estimate of drug-likeness (QED) is 0.811. The van der Waals surface area contributed by atoms with Gasteiger partial charge in [0, 0.05) is 18.0 Å². The molecule has 1 N–H and O–H groups in total. The van der Waals surface area contributed by atoms with Gasteiger partial charge in [-0.3, -0.25) is 4.79 Å². The Morgan fingerprint density at radius 2 is 2.20 bits per heavy atom. The first-order chi connectivity index (χ1) is 9.37. The number of fused-ring (bicyclic) bond motifs is 1. The van der Waals surface area contributed by atoms with Crippen molar-refractivity contribution in [2.75, 3.05) is 13.2 Å². The molecule has 1 aromatic heterocycles. The number of sulfone groups is 1. The average Bonchev–Trinajstić information content (AvgIpc) is 2.81. The van der Waals surface area contributed by atoms with E-state index in [0.29, 0.717) is 18.0 Å². The van der Waals surface area contributed by atoms with E-state index in [1.165, 1.54) is 11.3 Å². The summed E-state index contributed by atoms with van der Waals surface area (Å²) in [5, 5.41) is 2.82. The molecule has 0 saturated heterocycles. The van der Waals surface area contributed by atoms with Crippen LogP contribution in [0.4, 0.5) is 0 Å². The van der Waals surface area contributed by atoms with Crippen molar-refractivity contribution in [2.24, 2.45) is 0 Å². The maximum absolute atomic E-state index is 11.9. The lowest BCUT2D eigenvalue weighted by Crippen LogP contribution is -2.24. The van der Waals surface area contributed by atoms with Gasteiger partial charge in [-0.2, -0.15) is 0 Å². The van der Waals surface area contributed by atoms with Crippen molar-refractivity contribution in [3.63, 3.8) is 0 Å². The number of amides is 1. The molecule has 0 bridgehead atoms. The molecule has 0 aliphatic carbocycles. The monoisotopic (exact) mass is 317 g/mol. The minimum Gasteiger partial charge on any atom is -0.379 e. The highest BCUT2D eigenvalue weighted by Gasteiger charge is 2.28. The molecule has 0 radical (unpaired) electrons. The highest BCUT2D eigenvalue weighted by atomic mass is 32.2. The van der Waals surface area contributed by atoms with Gasteiger partial charge >= 0.3 is 0 Å². The van der Waals surface area contributed by atoms with Crippen molar-refractivity contribution in [3.8, 4) is 0 Å². The summed E-state index contributed by atoms with van der Waals surface area (Å²) in [6.07, 6.45) is 0.969. The second-order valence-corrected chi connectivity index (χ2v) is 8.32. The largest absolute Gasteiger partial charge is 0.379 e. The fraction of sp³-hybridized carbons (Fsp3) is 0.615. The maximum atomic E-state index is 11.9. The van der Waals surface area contributed by atoms with Crippen LogP contribution in [0.1, 0.15) is 40.4 Å². The third kappa shape index (κ3) is 4.04. The number of thiophene rings is 1.